The molecule has 2 atom stereocenters. The first-order chi connectivity index (χ1) is 9.51. The highest BCUT2D eigenvalue weighted by atomic mass is 16.6. The molecule has 0 radical (unpaired) electrons. The number of ether oxygens (including phenoxy) is 1. The Labute approximate surface area is 129 Å². The second-order valence-electron chi connectivity index (χ2n) is 7.10. The molecule has 2 N–H and O–H groups in total. The van der Waals surface area contributed by atoms with Crippen molar-refractivity contribution in [3.63, 3.8) is 0 Å². The Hall–Kier alpha value is -1.26. The number of alkyl carbamates (subject to hydrolysis) is 1. The Morgan fingerprint density at radius 3 is 2.05 bits per heavy atom. The molecule has 0 saturated carbocycles. The van der Waals surface area contributed by atoms with Crippen LogP contribution >= 0.6 is 0 Å². The molecular weight excluding hydrogens is 268 g/mol. The van der Waals surface area contributed by atoms with E-state index in [2.05, 4.69) is 24.5 Å². The van der Waals surface area contributed by atoms with Gasteiger partial charge >= 0.3 is 6.09 Å². The number of carbonyl (C=O) groups is 2. The van der Waals surface area contributed by atoms with E-state index >= 15 is 0 Å². The predicted molar refractivity (Wildman–Crippen MR) is 85.1 cm³/mol. The van der Waals surface area contributed by atoms with Crippen LogP contribution in [0.2, 0.25) is 0 Å². The summed E-state index contributed by atoms with van der Waals surface area (Å²) in [5, 5.41) is 5.46. The molecule has 0 aromatic carbocycles. The van der Waals surface area contributed by atoms with Gasteiger partial charge in [-0.1, -0.05) is 26.7 Å². The summed E-state index contributed by atoms with van der Waals surface area (Å²) >= 11 is 0. The van der Waals surface area contributed by atoms with Crippen LogP contribution in [0, 0.1) is 5.92 Å². The molecule has 0 aliphatic rings. The van der Waals surface area contributed by atoms with Gasteiger partial charge in [-0.3, -0.25) is 4.79 Å². The van der Waals surface area contributed by atoms with Crippen LogP contribution in [-0.4, -0.2) is 29.7 Å². The largest absolute Gasteiger partial charge is 0.444 e. The lowest BCUT2D eigenvalue weighted by Gasteiger charge is -2.22. The maximum absolute atomic E-state index is 12.0. The van der Waals surface area contributed by atoms with Gasteiger partial charge in [0.1, 0.15) is 11.6 Å². The minimum absolute atomic E-state index is 0.110. The molecule has 0 spiro atoms. The number of hydrogen-bond acceptors (Lipinski definition) is 3. The van der Waals surface area contributed by atoms with E-state index in [1.54, 1.807) is 27.7 Å². The molecule has 124 valence electrons. The lowest BCUT2D eigenvalue weighted by atomic mass is 10.0. The second-order valence-corrected chi connectivity index (χ2v) is 7.10. The monoisotopic (exact) mass is 300 g/mol. The molecule has 0 rings (SSSR count). The van der Waals surface area contributed by atoms with E-state index in [9.17, 15) is 9.59 Å². The molecule has 2 amide bonds. The molecule has 5 heteroatoms. The third-order valence-electron chi connectivity index (χ3n) is 2.93. The van der Waals surface area contributed by atoms with Gasteiger partial charge < -0.3 is 15.4 Å². The summed E-state index contributed by atoms with van der Waals surface area (Å²) in [6, 6.07) is -0.494. The van der Waals surface area contributed by atoms with Crippen LogP contribution in [0.1, 0.15) is 67.7 Å². The molecule has 0 heterocycles. The zero-order valence-corrected chi connectivity index (χ0v) is 14.6. The summed E-state index contributed by atoms with van der Waals surface area (Å²) < 4.78 is 5.12. The van der Waals surface area contributed by atoms with Gasteiger partial charge in [-0.05, 0) is 47.0 Å². The zero-order chi connectivity index (χ0) is 16.6. The van der Waals surface area contributed by atoms with Gasteiger partial charge in [0.2, 0.25) is 5.91 Å². The lowest BCUT2D eigenvalue weighted by Crippen LogP contribution is -2.48. The average Bonchev–Trinajstić information content (AvgIpc) is 2.25. The van der Waals surface area contributed by atoms with Gasteiger partial charge in [0.05, 0.1) is 0 Å². The van der Waals surface area contributed by atoms with Crippen molar-refractivity contribution in [1.29, 1.82) is 0 Å². The lowest BCUT2D eigenvalue weighted by molar-refractivity contribution is -0.123. The van der Waals surface area contributed by atoms with Crippen LogP contribution in [-0.2, 0) is 9.53 Å². The van der Waals surface area contributed by atoms with E-state index in [0.717, 1.165) is 19.3 Å². The van der Waals surface area contributed by atoms with E-state index in [-0.39, 0.29) is 11.9 Å². The third-order valence-corrected chi connectivity index (χ3v) is 2.93. The molecule has 0 fully saturated rings. The molecule has 21 heavy (non-hydrogen) atoms. The minimum atomic E-state index is -0.604. The number of hydrogen-bond donors (Lipinski definition) is 2. The quantitative estimate of drug-likeness (QED) is 0.758. The Bertz CT molecular complexity index is 335. The Kier molecular flexibility index (Phi) is 8.37. The molecule has 0 aliphatic heterocycles. The zero-order valence-electron chi connectivity index (χ0n) is 14.6. The molecule has 0 aliphatic carbocycles. The van der Waals surface area contributed by atoms with Crippen LogP contribution in [0.15, 0.2) is 0 Å². The number of carbonyl (C=O) groups excluding carboxylic acids is 2. The smallest absolute Gasteiger partial charge is 0.408 e. The van der Waals surface area contributed by atoms with Crippen molar-refractivity contribution in [2.45, 2.75) is 85.4 Å². The highest BCUT2D eigenvalue weighted by molar-refractivity contribution is 5.85. The Morgan fingerprint density at radius 2 is 1.57 bits per heavy atom. The number of rotatable bonds is 7. The first-order valence-corrected chi connectivity index (χ1v) is 7.81. The number of nitrogens with one attached hydrogen (secondary N) is 2. The van der Waals surface area contributed by atoms with E-state index in [1.165, 1.54) is 0 Å². The first-order valence-electron chi connectivity index (χ1n) is 7.81. The fraction of sp³-hybridized carbons (Fsp3) is 0.875. The van der Waals surface area contributed by atoms with Crippen LogP contribution in [0.5, 0.6) is 0 Å². The van der Waals surface area contributed by atoms with Crippen molar-refractivity contribution in [3.8, 4) is 0 Å². The second kappa shape index (κ2) is 8.90. The van der Waals surface area contributed by atoms with E-state index in [1.807, 2.05) is 6.92 Å². The Morgan fingerprint density at radius 1 is 1.00 bits per heavy atom. The van der Waals surface area contributed by atoms with Crippen molar-refractivity contribution < 1.29 is 14.3 Å². The van der Waals surface area contributed by atoms with Gasteiger partial charge in [-0.25, -0.2) is 4.79 Å². The fourth-order valence-corrected chi connectivity index (χ4v) is 1.82. The van der Waals surface area contributed by atoms with E-state index in [4.69, 9.17) is 4.74 Å². The highest BCUT2D eigenvalue weighted by Gasteiger charge is 2.21. The molecule has 2 unspecified atom stereocenters. The summed E-state index contributed by atoms with van der Waals surface area (Å²) in [6.45, 7) is 13.4. The SMILES string of the molecule is CC(C)CCCC(C)NC(=O)C(C)NC(=O)OC(C)(C)C. The molecule has 0 aromatic heterocycles. The summed E-state index contributed by atoms with van der Waals surface area (Å²) in [5.41, 5.74) is -0.565. The minimum Gasteiger partial charge on any atom is -0.444 e. The van der Waals surface area contributed by atoms with Gasteiger partial charge in [-0.2, -0.15) is 0 Å². The van der Waals surface area contributed by atoms with Gasteiger partial charge in [0.25, 0.3) is 0 Å². The molecule has 0 bridgehead atoms. The average molecular weight is 300 g/mol. The molecule has 0 saturated heterocycles. The van der Waals surface area contributed by atoms with Crippen LogP contribution in [0.4, 0.5) is 4.79 Å². The maximum Gasteiger partial charge on any atom is 0.408 e. The Balaban J connectivity index is 4.06. The molecular formula is C16H32N2O3. The van der Waals surface area contributed by atoms with Crippen molar-refractivity contribution in [2.24, 2.45) is 5.92 Å². The summed E-state index contributed by atoms with van der Waals surface area (Å²) in [5.74, 6) is 0.499. The van der Waals surface area contributed by atoms with Gasteiger partial charge in [0, 0.05) is 6.04 Å². The van der Waals surface area contributed by atoms with Crippen LogP contribution < -0.4 is 10.6 Å². The van der Waals surface area contributed by atoms with Gasteiger partial charge in [0.15, 0.2) is 0 Å². The summed E-state index contributed by atoms with van der Waals surface area (Å²) in [7, 11) is 0. The predicted octanol–water partition coefficient (Wildman–Crippen LogP) is 3.23. The van der Waals surface area contributed by atoms with Crippen LogP contribution in [0.3, 0.4) is 0 Å². The van der Waals surface area contributed by atoms with Crippen molar-refractivity contribution in [1.82, 2.24) is 10.6 Å². The molecule has 5 nitrogen and oxygen atoms in total. The van der Waals surface area contributed by atoms with Crippen LogP contribution in [0.25, 0.3) is 0 Å². The summed E-state index contributed by atoms with van der Waals surface area (Å²) in [6.07, 6.45) is 2.62. The van der Waals surface area contributed by atoms with Crippen molar-refractivity contribution >= 4 is 12.0 Å². The van der Waals surface area contributed by atoms with Crippen molar-refractivity contribution in [2.75, 3.05) is 0 Å². The summed E-state index contributed by atoms with van der Waals surface area (Å²) in [4.78, 5) is 23.6. The highest BCUT2D eigenvalue weighted by Crippen LogP contribution is 2.09. The molecule has 0 aromatic rings. The maximum atomic E-state index is 12.0. The third kappa shape index (κ3) is 11.1. The van der Waals surface area contributed by atoms with E-state index < -0.39 is 17.7 Å². The van der Waals surface area contributed by atoms with Crippen molar-refractivity contribution in [3.05, 3.63) is 0 Å². The first kappa shape index (κ1) is 19.7. The van der Waals surface area contributed by atoms with E-state index in [0.29, 0.717) is 5.92 Å². The topological polar surface area (TPSA) is 67.4 Å². The fourth-order valence-electron chi connectivity index (χ4n) is 1.82. The standard InChI is InChI=1S/C16H32N2O3/c1-11(2)9-8-10-12(3)17-14(19)13(4)18-15(20)21-16(5,6)7/h11-13H,8-10H2,1-7H3,(H,17,19)(H,18,20). The number of amides is 2. The van der Waals surface area contributed by atoms with Gasteiger partial charge in [-0.15, -0.1) is 0 Å². The normalized spacial score (nSPS) is 14.5.